The van der Waals surface area contributed by atoms with Gasteiger partial charge in [-0.15, -0.1) is 0 Å². The Morgan fingerprint density at radius 2 is 1.92 bits per heavy atom. The number of rotatable bonds is 7. The van der Waals surface area contributed by atoms with Crippen LogP contribution in [0.1, 0.15) is 35.2 Å². The van der Waals surface area contributed by atoms with Gasteiger partial charge in [-0.05, 0) is 32.0 Å². The summed E-state index contributed by atoms with van der Waals surface area (Å²) >= 11 is 0. The molecule has 0 saturated heterocycles. The zero-order chi connectivity index (χ0) is 17.7. The Hall–Kier alpha value is -2.76. The van der Waals surface area contributed by atoms with Gasteiger partial charge in [0, 0.05) is 18.9 Å². The van der Waals surface area contributed by atoms with Crippen molar-refractivity contribution < 1.29 is 23.5 Å². The standard InChI is InChI=1S/C18H21NO5/c1-11(20)15-9-14(24-12(15)2)6-8-18(21)19-16-10-13(22-3)5-7-17(16)23-4/h5,7,9-10H,6,8H2,1-4H3,(H,19,21). The smallest absolute Gasteiger partial charge is 0.224 e. The zero-order valence-corrected chi connectivity index (χ0v) is 14.3. The lowest BCUT2D eigenvalue weighted by atomic mass is 10.1. The number of nitrogens with one attached hydrogen (secondary N) is 1. The largest absolute Gasteiger partial charge is 0.497 e. The molecule has 0 aliphatic rings. The molecule has 0 bridgehead atoms. The van der Waals surface area contributed by atoms with Crippen molar-refractivity contribution >= 4 is 17.4 Å². The van der Waals surface area contributed by atoms with Gasteiger partial charge in [-0.3, -0.25) is 9.59 Å². The molecular formula is C18H21NO5. The summed E-state index contributed by atoms with van der Waals surface area (Å²) < 4.78 is 15.9. The minimum atomic E-state index is -0.181. The quantitative estimate of drug-likeness (QED) is 0.787. The first kappa shape index (κ1) is 17.6. The third-order valence-electron chi connectivity index (χ3n) is 3.63. The third-order valence-corrected chi connectivity index (χ3v) is 3.63. The van der Waals surface area contributed by atoms with Crippen LogP contribution in [0.2, 0.25) is 0 Å². The first-order chi connectivity index (χ1) is 11.4. The van der Waals surface area contributed by atoms with Crippen molar-refractivity contribution in [3.05, 3.63) is 41.3 Å². The van der Waals surface area contributed by atoms with Gasteiger partial charge in [0.25, 0.3) is 0 Å². The van der Waals surface area contributed by atoms with Gasteiger partial charge in [0.2, 0.25) is 5.91 Å². The molecule has 0 aliphatic carbocycles. The van der Waals surface area contributed by atoms with Gasteiger partial charge in [0.1, 0.15) is 23.0 Å². The van der Waals surface area contributed by atoms with Crippen molar-refractivity contribution in [3.63, 3.8) is 0 Å². The van der Waals surface area contributed by atoms with E-state index in [-0.39, 0.29) is 18.1 Å². The number of anilines is 1. The molecule has 1 aromatic heterocycles. The summed E-state index contributed by atoms with van der Waals surface area (Å²) in [7, 11) is 3.09. The van der Waals surface area contributed by atoms with Crippen LogP contribution < -0.4 is 14.8 Å². The van der Waals surface area contributed by atoms with Crippen LogP contribution in [0, 0.1) is 6.92 Å². The number of amides is 1. The molecule has 0 atom stereocenters. The van der Waals surface area contributed by atoms with E-state index in [1.165, 1.54) is 14.0 Å². The minimum Gasteiger partial charge on any atom is -0.497 e. The maximum atomic E-state index is 12.2. The Morgan fingerprint density at radius 1 is 1.17 bits per heavy atom. The number of carbonyl (C=O) groups is 2. The van der Waals surface area contributed by atoms with Gasteiger partial charge in [-0.1, -0.05) is 0 Å². The molecule has 0 spiro atoms. The fraction of sp³-hybridized carbons (Fsp3) is 0.333. The fourth-order valence-corrected chi connectivity index (χ4v) is 2.38. The van der Waals surface area contributed by atoms with Crippen LogP contribution in [0.25, 0.3) is 0 Å². The van der Waals surface area contributed by atoms with Crippen LogP contribution in [0.15, 0.2) is 28.7 Å². The van der Waals surface area contributed by atoms with E-state index in [9.17, 15) is 9.59 Å². The summed E-state index contributed by atoms with van der Waals surface area (Å²) in [5.74, 6) is 2.14. The Morgan fingerprint density at radius 3 is 2.50 bits per heavy atom. The topological polar surface area (TPSA) is 77.8 Å². The van der Waals surface area contributed by atoms with Crippen LogP contribution in [0.4, 0.5) is 5.69 Å². The molecule has 0 radical (unpaired) electrons. The number of hydrogen-bond acceptors (Lipinski definition) is 5. The van der Waals surface area contributed by atoms with Crippen molar-refractivity contribution in [2.45, 2.75) is 26.7 Å². The third kappa shape index (κ3) is 4.16. The maximum Gasteiger partial charge on any atom is 0.224 e. The highest BCUT2D eigenvalue weighted by Gasteiger charge is 2.14. The van der Waals surface area contributed by atoms with Crippen LogP contribution >= 0.6 is 0 Å². The lowest BCUT2D eigenvalue weighted by Crippen LogP contribution is -2.13. The summed E-state index contributed by atoms with van der Waals surface area (Å²) in [5, 5.41) is 2.80. The van der Waals surface area contributed by atoms with Gasteiger partial charge in [0.05, 0.1) is 25.5 Å². The molecule has 1 N–H and O–H groups in total. The molecule has 6 nitrogen and oxygen atoms in total. The fourth-order valence-electron chi connectivity index (χ4n) is 2.38. The summed E-state index contributed by atoms with van der Waals surface area (Å²) in [6, 6.07) is 6.87. The minimum absolute atomic E-state index is 0.0481. The van der Waals surface area contributed by atoms with Gasteiger partial charge in [0.15, 0.2) is 5.78 Å². The second-order valence-corrected chi connectivity index (χ2v) is 5.35. The molecule has 1 aromatic carbocycles. The van der Waals surface area contributed by atoms with Gasteiger partial charge < -0.3 is 19.2 Å². The average Bonchev–Trinajstić information content (AvgIpc) is 2.94. The molecule has 2 rings (SSSR count). The number of furan rings is 1. The van der Waals surface area contributed by atoms with Crippen molar-refractivity contribution in [2.75, 3.05) is 19.5 Å². The van der Waals surface area contributed by atoms with E-state index in [1.807, 2.05) is 0 Å². The van der Waals surface area contributed by atoms with E-state index in [0.717, 1.165) is 0 Å². The van der Waals surface area contributed by atoms with Crippen molar-refractivity contribution in [2.24, 2.45) is 0 Å². The highest BCUT2D eigenvalue weighted by atomic mass is 16.5. The first-order valence-corrected chi connectivity index (χ1v) is 7.56. The molecule has 24 heavy (non-hydrogen) atoms. The molecule has 0 fully saturated rings. The van der Waals surface area contributed by atoms with E-state index < -0.39 is 0 Å². The Balaban J connectivity index is 2.01. The maximum absolute atomic E-state index is 12.2. The van der Waals surface area contributed by atoms with Crippen LogP contribution in [-0.4, -0.2) is 25.9 Å². The zero-order valence-electron chi connectivity index (χ0n) is 14.3. The van der Waals surface area contributed by atoms with Gasteiger partial charge in [-0.25, -0.2) is 0 Å². The summed E-state index contributed by atoms with van der Waals surface area (Å²) in [6.07, 6.45) is 0.636. The van der Waals surface area contributed by atoms with Crippen LogP contribution in [-0.2, 0) is 11.2 Å². The predicted octanol–water partition coefficient (Wildman–Crippen LogP) is 3.38. The number of Topliss-reactive ketones (excluding diaryl/α,β-unsaturated/α-hetero) is 1. The lowest BCUT2D eigenvalue weighted by molar-refractivity contribution is -0.116. The van der Waals surface area contributed by atoms with Crippen molar-refractivity contribution in [1.29, 1.82) is 0 Å². The number of methoxy groups -OCH3 is 2. The molecule has 1 amide bonds. The van der Waals surface area contributed by atoms with Gasteiger partial charge in [-0.2, -0.15) is 0 Å². The number of ether oxygens (including phenoxy) is 2. The predicted molar refractivity (Wildman–Crippen MR) is 89.9 cm³/mol. The number of benzene rings is 1. The summed E-state index contributed by atoms with van der Waals surface area (Å²) in [6.45, 7) is 3.23. The Labute approximate surface area is 140 Å². The summed E-state index contributed by atoms with van der Waals surface area (Å²) in [4.78, 5) is 23.6. The monoisotopic (exact) mass is 331 g/mol. The first-order valence-electron chi connectivity index (χ1n) is 7.56. The summed E-state index contributed by atoms with van der Waals surface area (Å²) in [5.41, 5.74) is 1.10. The Kier molecular flexibility index (Phi) is 5.63. The number of carbonyl (C=O) groups excluding carboxylic acids is 2. The highest BCUT2D eigenvalue weighted by Crippen LogP contribution is 2.29. The molecule has 1 heterocycles. The van der Waals surface area contributed by atoms with E-state index in [0.29, 0.717) is 40.7 Å². The SMILES string of the molecule is COc1ccc(OC)c(NC(=O)CCc2cc(C(C)=O)c(C)o2)c1. The molecule has 2 aromatic rings. The highest BCUT2D eigenvalue weighted by molar-refractivity contribution is 5.95. The molecule has 0 aliphatic heterocycles. The van der Waals surface area contributed by atoms with E-state index in [2.05, 4.69) is 5.32 Å². The average molecular weight is 331 g/mol. The normalized spacial score (nSPS) is 10.3. The molecule has 0 saturated carbocycles. The molecular weight excluding hydrogens is 310 g/mol. The van der Waals surface area contributed by atoms with Crippen LogP contribution in [0.3, 0.4) is 0 Å². The number of aryl methyl sites for hydroxylation is 2. The molecule has 128 valence electrons. The van der Waals surface area contributed by atoms with E-state index in [4.69, 9.17) is 13.9 Å². The van der Waals surface area contributed by atoms with Crippen LogP contribution in [0.5, 0.6) is 11.5 Å². The van der Waals surface area contributed by atoms with Gasteiger partial charge >= 0.3 is 0 Å². The van der Waals surface area contributed by atoms with Crippen molar-refractivity contribution in [1.82, 2.24) is 0 Å². The second-order valence-electron chi connectivity index (χ2n) is 5.35. The van der Waals surface area contributed by atoms with E-state index in [1.54, 1.807) is 38.3 Å². The van der Waals surface area contributed by atoms with E-state index >= 15 is 0 Å². The second kappa shape index (κ2) is 7.68. The molecule has 0 unspecified atom stereocenters. The number of ketones is 1. The van der Waals surface area contributed by atoms with Crippen molar-refractivity contribution in [3.8, 4) is 11.5 Å². The molecule has 6 heteroatoms. The Bertz CT molecular complexity index is 748. The number of hydrogen-bond donors (Lipinski definition) is 1. The lowest BCUT2D eigenvalue weighted by Gasteiger charge is -2.11.